The van der Waals surface area contributed by atoms with Crippen LogP contribution in [-0.4, -0.2) is 71.6 Å². The SMILES string of the molecule is CN1CCc2cc(C(=O)Nc3ccc(NS(=O)(=O)CCO)cc3N3CCC4(CC3)CC4)cc(N3CCC4(CC4)C3)c21. The Balaban J connectivity index is 1.18. The number of aliphatic hydroxyl groups excluding tert-OH is 1. The average Bonchev–Trinajstić information content (AvgIpc) is 3.80. The molecule has 41 heavy (non-hydrogen) atoms. The van der Waals surface area contributed by atoms with Gasteiger partial charge in [-0.15, -0.1) is 0 Å². The maximum atomic E-state index is 13.8. The fraction of sp³-hybridized carbons (Fsp3) is 0.581. The van der Waals surface area contributed by atoms with E-state index in [9.17, 15) is 13.2 Å². The number of benzene rings is 2. The molecule has 0 atom stereocenters. The van der Waals surface area contributed by atoms with Crippen LogP contribution >= 0.6 is 0 Å². The van der Waals surface area contributed by atoms with Crippen LogP contribution in [0.5, 0.6) is 0 Å². The Morgan fingerprint density at radius 2 is 1.61 bits per heavy atom. The Bertz CT molecular complexity index is 1470. The van der Waals surface area contributed by atoms with Gasteiger partial charge in [0.2, 0.25) is 10.0 Å². The van der Waals surface area contributed by atoms with E-state index in [0.717, 1.165) is 57.7 Å². The molecule has 0 unspecified atom stereocenters. The molecule has 0 aromatic heterocycles. The van der Waals surface area contributed by atoms with Crippen molar-refractivity contribution in [2.45, 2.75) is 51.4 Å². The third-order valence-corrected chi connectivity index (χ3v) is 11.5. The van der Waals surface area contributed by atoms with Crippen LogP contribution in [0.2, 0.25) is 0 Å². The highest BCUT2D eigenvalue weighted by Gasteiger charge is 2.48. The van der Waals surface area contributed by atoms with Crippen LogP contribution in [0, 0.1) is 10.8 Å². The number of carbonyl (C=O) groups is 1. The molecule has 2 saturated carbocycles. The Morgan fingerprint density at radius 1 is 0.902 bits per heavy atom. The minimum Gasteiger partial charge on any atom is -0.395 e. The summed E-state index contributed by atoms with van der Waals surface area (Å²) in [5.74, 6) is -0.504. The fourth-order valence-corrected chi connectivity index (χ4v) is 8.04. The summed E-state index contributed by atoms with van der Waals surface area (Å²) in [7, 11) is -1.52. The number of fused-ring (bicyclic) bond motifs is 1. The number of aliphatic hydroxyl groups is 1. The number of nitrogens with one attached hydrogen (secondary N) is 2. The lowest BCUT2D eigenvalue weighted by atomic mass is 9.93. The van der Waals surface area contributed by atoms with E-state index in [0.29, 0.717) is 27.8 Å². The highest BCUT2D eigenvalue weighted by Crippen LogP contribution is 2.55. The van der Waals surface area contributed by atoms with Crippen molar-refractivity contribution in [3.63, 3.8) is 0 Å². The average molecular weight is 580 g/mol. The number of likely N-dealkylation sites (N-methyl/N-ethyl adjacent to an activating group) is 1. The second kappa shape index (κ2) is 9.80. The number of hydrogen-bond acceptors (Lipinski definition) is 7. The minimum atomic E-state index is -3.66. The molecular formula is C31H41N5O4S. The van der Waals surface area contributed by atoms with Gasteiger partial charge in [-0.25, -0.2) is 8.42 Å². The van der Waals surface area contributed by atoms with Gasteiger partial charge < -0.3 is 25.1 Å². The van der Waals surface area contributed by atoms with Crippen LogP contribution in [0.3, 0.4) is 0 Å². The van der Waals surface area contributed by atoms with Gasteiger partial charge in [0.05, 0.1) is 40.8 Å². The molecular weight excluding hydrogens is 538 g/mol. The lowest BCUT2D eigenvalue weighted by Crippen LogP contribution is -2.35. The standard InChI is InChI=1S/C31H41N5O4S/c1-34-12-4-22-18-23(19-27(28(22)34)36-15-11-31(21-36)7-8-31)29(38)32-25-3-2-24(33-41(39,40)17-16-37)20-26(25)35-13-9-30(5-6-30)10-14-35/h2-3,18-20,33,37H,4-17,21H2,1H3,(H,32,38). The van der Waals surface area contributed by atoms with Crippen LogP contribution in [0.4, 0.5) is 28.4 Å². The Kier molecular flexibility index (Phi) is 6.43. The van der Waals surface area contributed by atoms with Gasteiger partial charge in [0.15, 0.2) is 0 Å². The van der Waals surface area contributed by atoms with E-state index in [-0.39, 0.29) is 11.7 Å². The molecule has 2 aromatic carbocycles. The van der Waals surface area contributed by atoms with Crippen molar-refractivity contribution in [2.24, 2.45) is 10.8 Å². The van der Waals surface area contributed by atoms with Crippen molar-refractivity contribution in [3.8, 4) is 0 Å². The number of hydrogen-bond donors (Lipinski definition) is 3. The number of rotatable bonds is 8. The molecule has 2 saturated heterocycles. The lowest BCUT2D eigenvalue weighted by Gasteiger charge is -2.35. The molecule has 1 amide bonds. The first kappa shape index (κ1) is 26.9. The molecule has 3 N–H and O–H groups in total. The number of carbonyl (C=O) groups excluding carboxylic acids is 1. The zero-order valence-corrected chi connectivity index (χ0v) is 24.7. The number of sulfonamides is 1. The summed E-state index contributed by atoms with van der Waals surface area (Å²) in [4.78, 5) is 20.9. The monoisotopic (exact) mass is 579 g/mol. The van der Waals surface area contributed by atoms with Crippen molar-refractivity contribution in [1.29, 1.82) is 0 Å². The lowest BCUT2D eigenvalue weighted by molar-refractivity contribution is 0.102. The first-order valence-electron chi connectivity index (χ1n) is 15.1. The summed E-state index contributed by atoms with van der Waals surface area (Å²) in [6.07, 6.45) is 9.60. The predicted molar refractivity (Wildman–Crippen MR) is 164 cm³/mol. The van der Waals surface area contributed by atoms with E-state index in [2.05, 4.69) is 43.9 Å². The quantitative estimate of drug-likeness (QED) is 0.434. The van der Waals surface area contributed by atoms with Gasteiger partial charge in [0.1, 0.15) is 0 Å². The highest BCUT2D eigenvalue weighted by molar-refractivity contribution is 7.92. The second-order valence-electron chi connectivity index (χ2n) is 13.2. The number of anilines is 5. The second-order valence-corrected chi connectivity index (χ2v) is 15.0. The van der Waals surface area contributed by atoms with E-state index in [1.54, 1.807) is 12.1 Å². The molecule has 3 aliphatic heterocycles. The first-order valence-corrected chi connectivity index (χ1v) is 16.8. The maximum absolute atomic E-state index is 13.8. The van der Waals surface area contributed by atoms with Gasteiger partial charge in [-0.2, -0.15) is 0 Å². The highest BCUT2D eigenvalue weighted by atomic mass is 32.2. The predicted octanol–water partition coefficient (Wildman–Crippen LogP) is 4.04. The summed E-state index contributed by atoms with van der Waals surface area (Å²) in [6, 6.07) is 9.42. The third kappa shape index (κ3) is 5.25. The molecule has 0 radical (unpaired) electrons. The van der Waals surface area contributed by atoms with Gasteiger partial charge in [-0.1, -0.05) is 0 Å². The topological polar surface area (TPSA) is 105 Å². The molecule has 0 bridgehead atoms. The van der Waals surface area contributed by atoms with Crippen molar-refractivity contribution in [1.82, 2.24) is 0 Å². The number of piperidine rings is 1. The molecule has 9 nitrogen and oxygen atoms in total. The summed E-state index contributed by atoms with van der Waals surface area (Å²) in [5, 5.41) is 12.3. The van der Waals surface area contributed by atoms with Gasteiger partial charge in [-0.3, -0.25) is 9.52 Å². The van der Waals surface area contributed by atoms with Crippen LogP contribution < -0.4 is 24.7 Å². The molecule has 220 valence electrons. The molecule has 2 spiro atoms. The Labute approximate surface area is 242 Å². The van der Waals surface area contributed by atoms with E-state index in [1.165, 1.54) is 49.0 Å². The van der Waals surface area contributed by atoms with Crippen molar-refractivity contribution >= 4 is 44.4 Å². The number of amides is 1. The van der Waals surface area contributed by atoms with Crippen LogP contribution in [0.1, 0.15) is 60.9 Å². The molecule has 10 heteroatoms. The zero-order chi connectivity index (χ0) is 28.4. The van der Waals surface area contributed by atoms with Gasteiger partial charge >= 0.3 is 0 Å². The third-order valence-electron chi connectivity index (χ3n) is 10.3. The molecule has 7 rings (SSSR count). The van der Waals surface area contributed by atoms with Crippen LogP contribution in [-0.2, 0) is 16.4 Å². The molecule has 5 aliphatic rings. The van der Waals surface area contributed by atoms with E-state index in [1.807, 2.05) is 6.07 Å². The number of nitrogens with zero attached hydrogens (tertiary/aromatic N) is 3. The fourth-order valence-electron chi connectivity index (χ4n) is 7.21. The molecule has 4 fully saturated rings. The minimum absolute atomic E-state index is 0.144. The van der Waals surface area contributed by atoms with Gasteiger partial charge in [-0.05, 0) is 98.1 Å². The van der Waals surface area contributed by atoms with Crippen molar-refractivity contribution in [2.75, 3.05) is 76.9 Å². The smallest absolute Gasteiger partial charge is 0.255 e. The Hall–Kier alpha value is -2.98. The maximum Gasteiger partial charge on any atom is 0.255 e. The summed E-state index contributed by atoms with van der Waals surface area (Å²) in [6.45, 7) is 4.39. The van der Waals surface area contributed by atoms with Gasteiger partial charge in [0, 0.05) is 45.3 Å². The van der Waals surface area contributed by atoms with E-state index in [4.69, 9.17) is 5.11 Å². The van der Waals surface area contributed by atoms with E-state index < -0.39 is 16.6 Å². The molecule has 2 aliphatic carbocycles. The van der Waals surface area contributed by atoms with Gasteiger partial charge in [0.25, 0.3) is 5.91 Å². The summed E-state index contributed by atoms with van der Waals surface area (Å²) < 4.78 is 27.3. The molecule has 2 aromatic rings. The summed E-state index contributed by atoms with van der Waals surface area (Å²) in [5.41, 5.74) is 7.26. The Morgan fingerprint density at radius 3 is 2.29 bits per heavy atom. The van der Waals surface area contributed by atoms with Crippen molar-refractivity contribution < 1.29 is 18.3 Å². The normalized spacial score (nSPS) is 21.9. The first-order chi connectivity index (χ1) is 19.7. The summed E-state index contributed by atoms with van der Waals surface area (Å²) >= 11 is 0. The van der Waals surface area contributed by atoms with Crippen LogP contribution in [0.25, 0.3) is 0 Å². The van der Waals surface area contributed by atoms with E-state index >= 15 is 0 Å². The van der Waals surface area contributed by atoms with Crippen molar-refractivity contribution in [3.05, 3.63) is 41.5 Å². The molecule has 3 heterocycles. The van der Waals surface area contributed by atoms with Crippen LogP contribution in [0.15, 0.2) is 30.3 Å². The zero-order valence-electron chi connectivity index (χ0n) is 23.9. The largest absolute Gasteiger partial charge is 0.395 e.